The van der Waals surface area contributed by atoms with Gasteiger partial charge < -0.3 is 20.4 Å². The van der Waals surface area contributed by atoms with Crippen LogP contribution in [0, 0.1) is 0 Å². The number of pyridine rings is 1. The van der Waals surface area contributed by atoms with E-state index in [0.29, 0.717) is 6.04 Å². The molecule has 6 nitrogen and oxygen atoms in total. The van der Waals surface area contributed by atoms with Crippen LogP contribution >= 0.6 is 0 Å². The summed E-state index contributed by atoms with van der Waals surface area (Å²) in [6.07, 6.45) is 0.839. The predicted molar refractivity (Wildman–Crippen MR) is 69.7 cm³/mol. The van der Waals surface area contributed by atoms with Crippen molar-refractivity contribution in [2.75, 3.05) is 32.1 Å². The maximum Gasteiger partial charge on any atom is 0.179 e. The van der Waals surface area contributed by atoms with E-state index in [9.17, 15) is 0 Å². The van der Waals surface area contributed by atoms with E-state index in [1.165, 1.54) is 0 Å². The monoisotopic (exact) mass is 247 g/mol. The van der Waals surface area contributed by atoms with Crippen molar-refractivity contribution in [3.8, 4) is 0 Å². The highest BCUT2D eigenvalue weighted by atomic mass is 16.5. The molecule has 1 fully saturated rings. The number of nitrogens with zero attached hydrogens (tertiary/aromatic N) is 2. The standard InChI is InChI=1S/C12H17N5O/c1-13-10-3-2-9-12(16-10)17-11(15-9)6-8-7-18-5-4-14-8/h2-3,8,14H,4-7H2,1H3,(H2,13,15,16,17). The van der Waals surface area contributed by atoms with Crippen LogP contribution in [-0.4, -0.2) is 47.8 Å². The number of hydrogen-bond donors (Lipinski definition) is 3. The van der Waals surface area contributed by atoms with Gasteiger partial charge in [-0.1, -0.05) is 0 Å². The van der Waals surface area contributed by atoms with Gasteiger partial charge in [0.1, 0.15) is 11.6 Å². The molecule has 1 aliphatic heterocycles. The lowest BCUT2D eigenvalue weighted by molar-refractivity contribution is 0.0765. The van der Waals surface area contributed by atoms with Gasteiger partial charge in [0.25, 0.3) is 0 Å². The number of ether oxygens (including phenoxy) is 1. The van der Waals surface area contributed by atoms with Crippen LogP contribution in [-0.2, 0) is 11.2 Å². The molecule has 0 amide bonds. The van der Waals surface area contributed by atoms with Crippen molar-refractivity contribution in [3.05, 3.63) is 18.0 Å². The van der Waals surface area contributed by atoms with Crippen molar-refractivity contribution in [1.29, 1.82) is 0 Å². The molecule has 2 aromatic rings. The van der Waals surface area contributed by atoms with Crippen molar-refractivity contribution in [2.45, 2.75) is 12.5 Å². The third-order valence-electron chi connectivity index (χ3n) is 3.09. The van der Waals surface area contributed by atoms with Crippen molar-refractivity contribution in [3.63, 3.8) is 0 Å². The molecule has 18 heavy (non-hydrogen) atoms. The molecule has 0 radical (unpaired) electrons. The topological polar surface area (TPSA) is 74.9 Å². The van der Waals surface area contributed by atoms with Crippen LogP contribution in [0.1, 0.15) is 5.82 Å². The maximum absolute atomic E-state index is 5.44. The summed E-state index contributed by atoms with van der Waals surface area (Å²) in [7, 11) is 1.85. The first-order chi connectivity index (χ1) is 8.85. The van der Waals surface area contributed by atoms with E-state index in [1.54, 1.807) is 0 Å². The lowest BCUT2D eigenvalue weighted by atomic mass is 10.2. The number of H-pyrrole nitrogens is 1. The lowest BCUT2D eigenvalue weighted by Gasteiger charge is -2.22. The van der Waals surface area contributed by atoms with Gasteiger partial charge in [0.2, 0.25) is 0 Å². The first-order valence-electron chi connectivity index (χ1n) is 6.19. The summed E-state index contributed by atoms with van der Waals surface area (Å²) in [5.74, 6) is 1.79. The molecule has 1 saturated heterocycles. The normalized spacial score (nSPS) is 20.2. The van der Waals surface area contributed by atoms with E-state index in [4.69, 9.17) is 4.74 Å². The van der Waals surface area contributed by atoms with Gasteiger partial charge in [-0.3, -0.25) is 0 Å². The van der Waals surface area contributed by atoms with E-state index in [1.807, 2.05) is 19.2 Å². The fourth-order valence-corrected chi connectivity index (χ4v) is 2.16. The second-order valence-electron chi connectivity index (χ2n) is 4.43. The summed E-state index contributed by atoms with van der Waals surface area (Å²) in [4.78, 5) is 12.2. The van der Waals surface area contributed by atoms with E-state index >= 15 is 0 Å². The molecule has 0 spiro atoms. The number of hydrogen-bond acceptors (Lipinski definition) is 5. The number of rotatable bonds is 3. The average molecular weight is 247 g/mol. The van der Waals surface area contributed by atoms with Gasteiger partial charge in [-0.25, -0.2) is 9.97 Å². The number of anilines is 1. The number of imidazole rings is 1. The Hall–Kier alpha value is -1.66. The molecule has 1 aliphatic rings. The second kappa shape index (κ2) is 4.91. The quantitative estimate of drug-likeness (QED) is 0.737. The first-order valence-corrected chi connectivity index (χ1v) is 6.19. The number of nitrogens with one attached hydrogen (secondary N) is 3. The molecular weight excluding hydrogens is 230 g/mol. The molecule has 0 saturated carbocycles. The Labute approximate surface area is 105 Å². The van der Waals surface area contributed by atoms with Gasteiger partial charge in [-0.2, -0.15) is 0 Å². The van der Waals surface area contributed by atoms with Gasteiger partial charge >= 0.3 is 0 Å². The van der Waals surface area contributed by atoms with Crippen LogP contribution in [0.3, 0.4) is 0 Å². The molecular formula is C12H17N5O. The first kappa shape index (κ1) is 11.4. The molecule has 1 atom stereocenters. The van der Waals surface area contributed by atoms with Crippen LogP contribution in [0.2, 0.25) is 0 Å². The molecule has 0 aliphatic carbocycles. The molecule has 3 N–H and O–H groups in total. The third-order valence-corrected chi connectivity index (χ3v) is 3.09. The fourth-order valence-electron chi connectivity index (χ4n) is 2.16. The maximum atomic E-state index is 5.44. The zero-order chi connectivity index (χ0) is 12.4. The van der Waals surface area contributed by atoms with Gasteiger partial charge in [-0.15, -0.1) is 0 Å². The zero-order valence-electron chi connectivity index (χ0n) is 10.4. The smallest absolute Gasteiger partial charge is 0.179 e. The van der Waals surface area contributed by atoms with Crippen LogP contribution in [0.25, 0.3) is 11.2 Å². The average Bonchev–Trinajstić information content (AvgIpc) is 2.80. The van der Waals surface area contributed by atoms with Crippen LogP contribution < -0.4 is 10.6 Å². The van der Waals surface area contributed by atoms with Gasteiger partial charge in [0, 0.05) is 26.1 Å². The Morgan fingerprint density at radius 3 is 3.17 bits per heavy atom. The lowest BCUT2D eigenvalue weighted by Crippen LogP contribution is -2.42. The summed E-state index contributed by atoms with van der Waals surface area (Å²) in [6.45, 7) is 2.45. The summed E-state index contributed by atoms with van der Waals surface area (Å²) in [5.41, 5.74) is 1.73. The van der Waals surface area contributed by atoms with Crippen molar-refractivity contribution < 1.29 is 4.74 Å². The minimum Gasteiger partial charge on any atom is -0.379 e. The Balaban J connectivity index is 1.79. The van der Waals surface area contributed by atoms with E-state index in [-0.39, 0.29) is 0 Å². The molecule has 1 unspecified atom stereocenters. The van der Waals surface area contributed by atoms with Crippen LogP contribution in [0.5, 0.6) is 0 Å². The van der Waals surface area contributed by atoms with Crippen molar-refractivity contribution in [1.82, 2.24) is 20.3 Å². The summed E-state index contributed by atoms with van der Waals surface area (Å²) < 4.78 is 5.44. The molecule has 2 aromatic heterocycles. The largest absolute Gasteiger partial charge is 0.379 e. The second-order valence-corrected chi connectivity index (χ2v) is 4.43. The van der Waals surface area contributed by atoms with E-state index in [0.717, 1.165) is 49.0 Å². The van der Waals surface area contributed by atoms with Gasteiger partial charge in [0.15, 0.2) is 5.65 Å². The van der Waals surface area contributed by atoms with Crippen molar-refractivity contribution in [2.24, 2.45) is 0 Å². The zero-order valence-corrected chi connectivity index (χ0v) is 10.4. The fraction of sp³-hybridized carbons (Fsp3) is 0.500. The Bertz CT molecular complexity index is 532. The van der Waals surface area contributed by atoms with Crippen LogP contribution in [0.4, 0.5) is 5.82 Å². The molecule has 0 bridgehead atoms. The predicted octanol–water partition coefficient (Wildman–Crippen LogP) is 0.530. The van der Waals surface area contributed by atoms with Gasteiger partial charge in [0.05, 0.1) is 18.7 Å². The highest BCUT2D eigenvalue weighted by Gasteiger charge is 2.15. The third kappa shape index (κ3) is 2.30. The molecule has 6 heteroatoms. The Morgan fingerprint density at radius 2 is 2.39 bits per heavy atom. The van der Waals surface area contributed by atoms with Crippen molar-refractivity contribution >= 4 is 17.0 Å². The summed E-state index contributed by atoms with van der Waals surface area (Å²) in [6, 6.07) is 4.27. The SMILES string of the molecule is CNc1ccc2[nH]c(CC3COCCN3)nc2n1. The highest BCUT2D eigenvalue weighted by molar-refractivity contribution is 5.72. The number of morpholine rings is 1. The minimum absolute atomic E-state index is 0.336. The number of aromatic amines is 1. The molecule has 0 aromatic carbocycles. The summed E-state index contributed by atoms with van der Waals surface area (Å²) >= 11 is 0. The summed E-state index contributed by atoms with van der Waals surface area (Å²) in [5, 5.41) is 6.43. The molecule has 3 heterocycles. The van der Waals surface area contributed by atoms with E-state index < -0.39 is 0 Å². The molecule has 96 valence electrons. The minimum atomic E-state index is 0.336. The van der Waals surface area contributed by atoms with E-state index in [2.05, 4.69) is 25.6 Å². The highest BCUT2D eigenvalue weighted by Crippen LogP contribution is 2.13. The Kier molecular flexibility index (Phi) is 3.12. The molecule has 3 rings (SSSR count). The number of fused-ring (bicyclic) bond motifs is 1. The van der Waals surface area contributed by atoms with Gasteiger partial charge in [-0.05, 0) is 12.1 Å². The number of aromatic nitrogens is 3. The van der Waals surface area contributed by atoms with Crippen LogP contribution in [0.15, 0.2) is 12.1 Å². The Morgan fingerprint density at radius 1 is 1.44 bits per heavy atom.